The number of fused-ring (bicyclic) bond motifs is 1. The molecule has 0 bridgehead atoms. The van der Waals surface area contributed by atoms with E-state index >= 15 is 0 Å². The Kier molecular flexibility index (Phi) is 4.20. The summed E-state index contributed by atoms with van der Waals surface area (Å²) in [4.78, 5) is 29.9. The third-order valence-corrected chi connectivity index (χ3v) is 3.74. The van der Waals surface area contributed by atoms with Crippen LogP contribution in [0.3, 0.4) is 0 Å². The average molecular weight is 284 g/mol. The fraction of sp³-hybridized carbons (Fsp3) is 0.545. The summed E-state index contributed by atoms with van der Waals surface area (Å²) in [5.41, 5.74) is 0.942. The van der Waals surface area contributed by atoms with E-state index in [1.807, 2.05) is 6.92 Å². The van der Waals surface area contributed by atoms with E-state index in [1.54, 1.807) is 4.90 Å². The molecule has 1 aliphatic heterocycles. The Balaban J connectivity index is 2.04. The van der Waals surface area contributed by atoms with Crippen LogP contribution in [0.15, 0.2) is 0 Å². The van der Waals surface area contributed by atoms with Gasteiger partial charge in [-0.3, -0.25) is 5.32 Å². The minimum absolute atomic E-state index is 0.0657. The fourth-order valence-electron chi connectivity index (χ4n) is 1.82. The van der Waals surface area contributed by atoms with Crippen LogP contribution < -0.4 is 10.6 Å². The Morgan fingerprint density at radius 3 is 3.00 bits per heavy atom. The monoisotopic (exact) mass is 284 g/mol. The van der Waals surface area contributed by atoms with Crippen LogP contribution in [0.2, 0.25) is 0 Å². The Morgan fingerprint density at radius 1 is 1.53 bits per heavy atom. The van der Waals surface area contributed by atoms with Gasteiger partial charge in [-0.2, -0.15) is 0 Å². The highest BCUT2D eigenvalue weighted by atomic mass is 32.1. The third-order valence-electron chi connectivity index (χ3n) is 2.74. The molecule has 19 heavy (non-hydrogen) atoms. The van der Waals surface area contributed by atoms with Crippen molar-refractivity contribution in [1.29, 1.82) is 0 Å². The largest absolute Gasteiger partial charge is 0.453 e. The van der Waals surface area contributed by atoms with Gasteiger partial charge < -0.3 is 15.0 Å². The topological polar surface area (TPSA) is 83.6 Å². The molecule has 0 radical (unpaired) electrons. The molecule has 8 heteroatoms. The number of thiazole rings is 1. The quantitative estimate of drug-likeness (QED) is 0.860. The molecule has 2 N–H and O–H groups in total. The van der Waals surface area contributed by atoms with Crippen molar-refractivity contribution in [3.63, 3.8) is 0 Å². The normalized spacial score (nSPS) is 13.7. The van der Waals surface area contributed by atoms with Gasteiger partial charge in [0.15, 0.2) is 5.13 Å². The van der Waals surface area contributed by atoms with E-state index in [0.29, 0.717) is 31.2 Å². The smallest absolute Gasteiger partial charge is 0.413 e. The van der Waals surface area contributed by atoms with Crippen molar-refractivity contribution in [1.82, 2.24) is 15.2 Å². The highest BCUT2D eigenvalue weighted by Crippen LogP contribution is 2.28. The number of amides is 3. The number of rotatable bonds is 2. The van der Waals surface area contributed by atoms with E-state index in [9.17, 15) is 9.59 Å². The zero-order chi connectivity index (χ0) is 13.8. The maximum atomic E-state index is 11.7. The summed E-state index contributed by atoms with van der Waals surface area (Å²) in [5, 5.41) is 5.83. The van der Waals surface area contributed by atoms with Crippen molar-refractivity contribution in [2.75, 3.05) is 25.5 Å². The molecular weight excluding hydrogens is 268 g/mol. The molecule has 104 valence electrons. The van der Waals surface area contributed by atoms with Crippen LogP contribution in [0.5, 0.6) is 0 Å². The molecule has 0 aliphatic carbocycles. The van der Waals surface area contributed by atoms with Gasteiger partial charge in [-0.15, -0.1) is 0 Å². The molecule has 2 heterocycles. The molecule has 1 aromatic rings. The number of nitrogens with zero attached hydrogens (tertiary/aromatic N) is 2. The van der Waals surface area contributed by atoms with Crippen LogP contribution in [0.1, 0.15) is 17.5 Å². The lowest BCUT2D eigenvalue weighted by atomic mass is 10.2. The molecule has 0 unspecified atom stereocenters. The van der Waals surface area contributed by atoms with Crippen LogP contribution >= 0.6 is 11.3 Å². The van der Waals surface area contributed by atoms with Crippen molar-refractivity contribution in [2.24, 2.45) is 0 Å². The first-order chi connectivity index (χ1) is 9.13. The number of nitrogens with one attached hydrogen (secondary N) is 2. The number of methoxy groups -OCH3 is 1. The molecule has 7 nitrogen and oxygen atoms in total. The van der Waals surface area contributed by atoms with Gasteiger partial charge in [0.05, 0.1) is 19.3 Å². The van der Waals surface area contributed by atoms with E-state index in [1.165, 1.54) is 18.4 Å². The zero-order valence-corrected chi connectivity index (χ0v) is 11.7. The number of anilines is 1. The Labute approximate surface area is 115 Å². The van der Waals surface area contributed by atoms with Gasteiger partial charge in [0, 0.05) is 24.4 Å². The fourth-order valence-corrected chi connectivity index (χ4v) is 2.83. The van der Waals surface area contributed by atoms with Gasteiger partial charge in [0.2, 0.25) is 0 Å². The van der Waals surface area contributed by atoms with Crippen molar-refractivity contribution in [3.8, 4) is 0 Å². The number of carbonyl (C=O) groups excluding carboxylic acids is 2. The first-order valence-electron chi connectivity index (χ1n) is 6.00. The highest BCUT2D eigenvalue weighted by Gasteiger charge is 2.24. The summed E-state index contributed by atoms with van der Waals surface area (Å²) < 4.78 is 4.52. The van der Waals surface area contributed by atoms with Crippen LogP contribution in [-0.4, -0.2) is 42.2 Å². The highest BCUT2D eigenvalue weighted by molar-refractivity contribution is 7.15. The second-order valence-electron chi connectivity index (χ2n) is 4.01. The van der Waals surface area contributed by atoms with Crippen molar-refractivity contribution in [2.45, 2.75) is 19.9 Å². The van der Waals surface area contributed by atoms with Gasteiger partial charge in [0.25, 0.3) is 0 Å². The number of aromatic nitrogens is 1. The first-order valence-corrected chi connectivity index (χ1v) is 6.82. The number of hydrogen-bond acceptors (Lipinski definition) is 5. The molecule has 1 aliphatic rings. The summed E-state index contributed by atoms with van der Waals surface area (Å²) >= 11 is 1.37. The first kappa shape index (κ1) is 13.6. The Hall–Kier alpha value is -1.83. The lowest BCUT2D eigenvalue weighted by Gasteiger charge is -2.25. The maximum absolute atomic E-state index is 11.7. The molecule has 0 aromatic carbocycles. The summed E-state index contributed by atoms with van der Waals surface area (Å²) in [5.74, 6) is 0. The van der Waals surface area contributed by atoms with Crippen molar-refractivity contribution >= 4 is 28.6 Å². The number of carbonyl (C=O) groups is 2. The minimum atomic E-state index is -0.535. The molecule has 0 atom stereocenters. The predicted molar refractivity (Wildman–Crippen MR) is 71.3 cm³/mol. The van der Waals surface area contributed by atoms with Crippen LogP contribution in [0.4, 0.5) is 14.7 Å². The molecule has 2 rings (SSSR count). The minimum Gasteiger partial charge on any atom is -0.453 e. The number of ether oxygens (including phenoxy) is 1. The Bertz CT molecular complexity index is 488. The summed E-state index contributed by atoms with van der Waals surface area (Å²) in [6, 6.07) is -0.0657. The lowest BCUT2D eigenvalue weighted by molar-refractivity contribution is 0.187. The third kappa shape index (κ3) is 3.14. The van der Waals surface area contributed by atoms with Crippen LogP contribution in [0, 0.1) is 0 Å². The van der Waals surface area contributed by atoms with Crippen LogP contribution in [-0.2, 0) is 17.7 Å². The molecular formula is C11H16N4O3S. The Morgan fingerprint density at radius 2 is 2.32 bits per heavy atom. The summed E-state index contributed by atoms with van der Waals surface area (Å²) in [6.07, 6.45) is 0.165. The molecule has 3 amide bonds. The lowest BCUT2D eigenvalue weighted by Crippen LogP contribution is -2.42. The number of urea groups is 1. The number of hydrogen-bond donors (Lipinski definition) is 2. The molecule has 1 aromatic heterocycles. The second-order valence-corrected chi connectivity index (χ2v) is 5.10. The van der Waals surface area contributed by atoms with Gasteiger partial charge in [-0.05, 0) is 6.92 Å². The van der Waals surface area contributed by atoms with E-state index < -0.39 is 6.09 Å². The second kappa shape index (κ2) is 5.87. The molecule has 0 fully saturated rings. The average Bonchev–Trinajstić information content (AvgIpc) is 2.79. The van der Waals surface area contributed by atoms with E-state index in [-0.39, 0.29) is 6.03 Å². The van der Waals surface area contributed by atoms with E-state index in [4.69, 9.17) is 0 Å². The van der Waals surface area contributed by atoms with Crippen molar-refractivity contribution in [3.05, 3.63) is 10.6 Å². The SMILES string of the molecule is CCNC(=O)N1CCc2nc(NC(=O)OC)sc2C1. The standard InChI is InChI=1S/C11H16N4O3S/c1-3-12-10(16)15-5-4-7-8(6-15)19-9(13-7)14-11(17)18-2/h3-6H2,1-2H3,(H,12,16)(H,13,14,17). The van der Waals surface area contributed by atoms with Crippen LogP contribution in [0.25, 0.3) is 0 Å². The predicted octanol–water partition coefficient (Wildman–Crippen LogP) is 1.41. The van der Waals surface area contributed by atoms with Gasteiger partial charge in [-0.25, -0.2) is 14.6 Å². The summed E-state index contributed by atoms with van der Waals surface area (Å²) in [6.45, 7) is 3.67. The molecule has 0 saturated carbocycles. The van der Waals surface area contributed by atoms with Gasteiger partial charge in [0.1, 0.15) is 0 Å². The van der Waals surface area contributed by atoms with E-state index in [2.05, 4.69) is 20.4 Å². The van der Waals surface area contributed by atoms with Gasteiger partial charge >= 0.3 is 12.1 Å². The van der Waals surface area contributed by atoms with E-state index in [0.717, 1.165) is 10.6 Å². The zero-order valence-electron chi connectivity index (χ0n) is 10.9. The maximum Gasteiger partial charge on any atom is 0.413 e. The molecule has 0 saturated heterocycles. The van der Waals surface area contributed by atoms with Crippen molar-refractivity contribution < 1.29 is 14.3 Å². The summed E-state index contributed by atoms with van der Waals surface area (Å²) in [7, 11) is 1.31. The van der Waals surface area contributed by atoms with Gasteiger partial charge in [-0.1, -0.05) is 11.3 Å². The molecule has 0 spiro atoms.